The Balaban J connectivity index is 1.87. The molecule has 0 aliphatic heterocycles. The van der Waals surface area contributed by atoms with E-state index in [-0.39, 0.29) is 12.1 Å². The Bertz CT molecular complexity index is 655. The molecular weight excluding hydrogens is 324 g/mol. The molecule has 2 aromatic rings. The first-order chi connectivity index (χ1) is 11.5. The van der Waals surface area contributed by atoms with Gasteiger partial charge in [0.25, 0.3) is 0 Å². The molecule has 130 valence electrons. The third kappa shape index (κ3) is 5.21. The molecule has 1 heterocycles. The fraction of sp³-hybridized carbons (Fsp3) is 0.412. The van der Waals surface area contributed by atoms with Crippen LogP contribution in [0, 0.1) is 6.92 Å². The van der Waals surface area contributed by atoms with Gasteiger partial charge in [-0.2, -0.15) is 0 Å². The van der Waals surface area contributed by atoms with E-state index in [4.69, 9.17) is 4.74 Å². The third-order valence-electron chi connectivity index (χ3n) is 3.68. The number of methoxy groups -OCH3 is 1. The Hall–Kier alpha value is -2.12. The van der Waals surface area contributed by atoms with Gasteiger partial charge in [0, 0.05) is 11.9 Å². The number of thiazole rings is 1. The number of rotatable bonds is 7. The first kappa shape index (κ1) is 18.2. The molecule has 0 fully saturated rings. The van der Waals surface area contributed by atoms with E-state index in [1.165, 1.54) is 0 Å². The van der Waals surface area contributed by atoms with Crippen molar-refractivity contribution in [2.75, 3.05) is 27.7 Å². The molecule has 2 rings (SSSR count). The lowest BCUT2D eigenvalue weighted by Gasteiger charge is -2.25. The molecule has 0 radical (unpaired) electrons. The van der Waals surface area contributed by atoms with E-state index in [0.29, 0.717) is 13.1 Å². The molecule has 0 aliphatic rings. The van der Waals surface area contributed by atoms with Crippen molar-refractivity contribution in [2.24, 2.45) is 0 Å². The minimum absolute atomic E-state index is 0.0863. The number of nitrogens with zero attached hydrogens (tertiary/aromatic N) is 2. The maximum atomic E-state index is 12.0. The summed E-state index contributed by atoms with van der Waals surface area (Å²) in [5.74, 6) is 0.820. The van der Waals surface area contributed by atoms with Crippen LogP contribution >= 0.6 is 11.3 Å². The van der Waals surface area contributed by atoms with Crippen LogP contribution in [0.3, 0.4) is 0 Å². The smallest absolute Gasteiger partial charge is 0.315 e. The summed E-state index contributed by atoms with van der Waals surface area (Å²) in [4.78, 5) is 18.4. The number of hydrogen-bond donors (Lipinski definition) is 2. The number of likely N-dealkylation sites (N-methyl/N-ethyl adjacent to an activating group) is 1. The number of carbonyl (C=O) groups is 1. The maximum absolute atomic E-state index is 12.0. The minimum Gasteiger partial charge on any atom is -0.497 e. The van der Waals surface area contributed by atoms with E-state index in [2.05, 4.69) is 20.5 Å². The highest BCUT2D eigenvalue weighted by molar-refractivity contribution is 7.09. The molecule has 0 unspecified atom stereocenters. The van der Waals surface area contributed by atoms with Gasteiger partial charge in [-0.25, -0.2) is 9.78 Å². The van der Waals surface area contributed by atoms with E-state index in [0.717, 1.165) is 22.0 Å². The summed E-state index contributed by atoms with van der Waals surface area (Å²) >= 11 is 1.58. The Morgan fingerprint density at radius 2 is 2.00 bits per heavy atom. The third-order valence-corrected chi connectivity index (χ3v) is 4.50. The summed E-state index contributed by atoms with van der Waals surface area (Å²) in [7, 11) is 5.63. The molecule has 2 amide bonds. The van der Waals surface area contributed by atoms with Crippen LogP contribution < -0.4 is 15.4 Å². The van der Waals surface area contributed by atoms with Gasteiger partial charge in [0.15, 0.2) is 0 Å². The van der Waals surface area contributed by atoms with Gasteiger partial charge in [-0.1, -0.05) is 12.1 Å². The number of ether oxygens (including phenoxy) is 1. The summed E-state index contributed by atoms with van der Waals surface area (Å²) in [5.41, 5.74) is 2.00. The van der Waals surface area contributed by atoms with Crippen LogP contribution in [-0.4, -0.2) is 43.7 Å². The average molecular weight is 348 g/mol. The molecule has 24 heavy (non-hydrogen) atoms. The SMILES string of the molecule is COc1ccc([C@H](CNC(=O)NCc2csc(C)n2)N(C)C)cc1. The zero-order valence-electron chi connectivity index (χ0n) is 14.5. The second-order valence-electron chi connectivity index (χ2n) is 5.67. The second kappa shape index (κ2) is 8.65. The maximum Gasteiger partial charge on any atom is 0.315 e. The highest BCUT2D eigenvalue weighted by Crippen LogP contribution is 2.20. The van der Waals surface area contributed by atoms with Crippen molar-refractivity contribution in [2.45, 2.75) is 19.5 Å². The zero-order chi connectivity index (χ0) is 17.5. The topological polar surface area (TPSA) is 66.5 Å². The fourth-order valence-electron chi connectivity index (χ4n) is 2.34. The lowest BCUT2D eigenvalue weighted by Crippen LogP contribution is -2.40. The fourth-order valence-corrected chi connectivity index (χ4v) is 2.95. The molecule has 0 aliphatic carbocycles. The Labute approximate surface area is 146 Å². The molecule has 7 heteroatoms. The lowest BCUT2D eigenvalue weighted by atomic mass is 10.1. The van der Waals surface area contributed by atoms with E-state index in [9.17, 15) is 4.79 Å². The van der Waals surface area contributed by atoms with E-state index in [1.54, 1.807) is 18.4 Å². The van der Waals surface area contributed by atoms with Crippen LogP contribution in [-0.2, 0) is 6.54 Å². The molecule has 1 aromatic heterocycles. The van der Waals surface area contributed by atoms with Gasteiger partial charge in [-0.15, -0.1) is 11.3 Å². The van der Waals surface area contributed by atoms with Gasteiger partial charge in [0.1, 0.15) is 5.75 Å². The van der Waals surface area contributed by atoms with Crippen molar-refractivity contribution in [3.63, 3.8) is 0 Å². The molecule has 1 atom stereocenters. The summed E-state index contributed by atoms with van der Waals surface area (Å²) < 4.78 is 5.18. The molecule has 1 aromatic carbocycles. The summed E-state index contributed by atoms with van der Waals surface area (Å²) in [6, 6.07) is 7.78. The number of nitrogens with one attached hydrogen (secondary N) is 2. The zero-order valence-corrected chi connectivity index (χ0v) is 15.3. The van der Waals surface area contributed by atoms with E-state index < -0.39 is 0 Å². The number of benzene rings is 1. The van der Waals surface area contributed by atoms with Crippen LogP contribution in [0.2, 0.25) is 0 Å². The predicted octanol–water partition coefficient (Wildman–Crippen LogP) is 2.56. The van der Waals surface area contributed by atoms with Crippen molar-refractivity contribution in [1.29, 1.82) is 0 Å². The number of hydrogen-bond acceptors (Lipinski definition) is 5. The molecule has 0 spiro atoms. The van der Waals surface area contributed by atoms with Crippen molar-refractivity contribution in [3.8, 4) is 5.75 Å². The van der Waals surface area contributed by atoms with Crippen LogP contribution in [0.5, 0.6) is 5.75 Å². The molecule has 2 N–H and O–H groups in total. The quantitative estimate of drug-likeness (QED) is 0.807. The number of urea groups is 1. The Morgan fingerprint density at radius 1 is 1.29 bits per heavy atom. The van der Waals surface area contributed by atoms with Crippen LogP contribution in [0.4, 0.5) is 4.79 Å². The molecular formula is C17H24N4O2S. The molecule has 0 bridgehead atoms. The highest BCUT2D eigenvalue weighted by Gasteiger charge is 2.15. The van der Waals surface area contributed by atoms with Crippen molar-refractivity contribution in [1.82, 2.24) is 20.5 Å². The van der Waals surface area contributed by atoms with Crippen molar-refractivity contribution >= 4 is 17.4 Å². The first-order valence-corrected chi connectivity index (χ1v) is 8.60. The van der Waals surface area contributed by atoms with Crippen LogP contribution in [0.1, 0.15) is 22.3 Å². The summed E-state index contributed by atoms with van der Waals surface area (Å²) in [6.07, 6.45) is 0. The van der Waals surface area contributed by atoms with Gasteiger partial charge in [0.05, 0.1) is 30.4 Å². The van der Waals surface area contributed by atoms with Crippen LogP contribution in [0.15, 0.2) is 29.6 Å². The standard InChI is InChI=1S/C17H24N4O2S/c1-12-20-14(11-24-12)9-18-17(22)19-10-16(21(2)3)13-5-7-15(23-4)8-6-13/h5-8,11,16H,9-10H2,1-4H3,(H2,18,19,22)/t16-/m0/s1. The highest BCUT2D eigenvalue weighted by atomic mass is 32.1. The second-order valence-corrected chi connectivity index (χ2v) is 6.74. The number of carbonyl (C=O) groups excluding carboxylic acids is 1. The predicted molar refractivity (Wildman–Crippen MR) is 96.5 cm³/mol. The molecule has 6 nitrogen and oxygen atoms in total. The van der Waals surface area contributed by atoms with Gasteiger partial charge in [-0.05, 0) is 38.7 Å². The van der Waals surface area contributed by atoms with E-state index >= 15 is 0 Å². The summed E-state index contributed by atoms with van der Waals surface area (Å²) in [5, 5.41) is 8.71. The van der Waals surface area contributed by atoms with Crippen molar-refractivity contribution in [3.05, 3.63) is 45.9 Å². The van der Waals surface area contributed by atoms with Crippen LogP contribution in [0.25, 0.3) is 0 Å². The van der Waals surface area contributed by atoms with Gasteiger partial charge < -0.3 is 20.3 Å². The Morgan fingerprint density at radius 3 is 2.54 bits per heavy atom. The average Bonchev–Trinajstić information content (AvgIpc) is 2.99. The molecule has 0 saturated heterocycles. The number of amides is 2. The van der Waals surface area contributed by atoms with Crippen molar-refractivity contribution < 1.29 is 9.53 Å². The number of aromatic nitrogens is 1. The van der Waals surface area contributed by atoms with Gasteiger partial charge >= 0.3 is 6.03 Å². The monoisotopic (exact) mass is 348 g/mol. The molecule has 0 saturated carbocycles. The largest absolute Gasteiger partial charge is 0.497 e. The number of aryl methyl sites for hydroxylation is 1. The first-order valence-electron chi connectivity index (χ1n) is 7.72. The minimum atomic E-state index is -0.194. The van der Waals surface area contributed by atoms with Gasteiger partial charge in [0.2, 0.25) is 0 Å². The summed E-state index contributed by atoms with van der Waals surface area (Å²) in [6.45, 7) is 2.90. The lowest BCUT2D eigenvalue weighted by molar-refractivity contribution is 0.232. The van der Waals surface area contributed by atoms with E-state index in [1.807, 2.05) is 50.7 Å². The normalized spacial score (nSPS) is 12.0. The van der Waals surface area contributed by atoms with Gasteiger partial charge in [-0.3, -0.25) is 0 Å². The Kier molecular flexibility index (Phi) is 6.57.